The van der Waals surface area contributed by atoms with Gasteiger partial charge in [0.25, 0.3) is 5.91 Å². The van der Waals surface area contributed by atoms with Crippen LogP contribution in [0.4, 0.5) is 5.69 Å². The molecule has 82 valence electrons. The zero-order valence-electron chi connectivity index (χ0n) is 9.03. The highest BCUT2D eigenvalue weighted by Gasteiger charge is 2.04. The predicted molar refractivity (Wildman–Crippen MR) is 60.2 cm³/mol. The number of rotatable bonds is 4. The summed E-state index contributed by atoms with van der Waals surface area (Å²) in [6, 6.07) is 7.25. The van der Waals surface area contributed by atoms with Crippen LogP contribution in [0.2, 0.25) is 0 Å². The van der Waals surface area contributed by atoms with Crippen molar-refractivity contribution < 1.29 is 9.90 Å². The van der Waals surface area contributed by atoms with Gasteiger partial charge in [0, 0.05) is 31.9 Å². The number of hydrogen-bond acceptors (Lipinski definition) is 3. The Morgan fingerprint density at radius 2 is 2.00 bits per heavy atom. The van der Waals surface area contributed by atoms with Gasteiger partial charge in [-0.1, -0.05) is 0 Å². The molecule has 0 aromatic heterocycles. The fourth-order valence-electron chi connectivity index (χ4n) is 1.29. The van der Waals surface area contributed by atoms with Gasteiger partial charge in [0.2, 0.25) is 0 Å². The zero-order valence-corrected chi connectivity index (χ0v) is 9.03. The van der Waals surface area contributed by atoms with E-state index >= 15 is 0 Å². The van der Waals surface area contributed by atoms with Crippen LogP contribution in [0.5, 0.6) is 0 Å². The molecule has 0 saturated carbocycles. The van der Waals surface area contributed by atoms with Crippen molar-refractivity contribution in [3.8, 4) is 0 Å². The lowest BCUT2D eigenvalue weighted by Crippen LogP contribution is -2.21. The molecule has 0 unspecified atom stereocenters. The van der Waals surface area contributed by atoms with Gasteiger partial charge >= 0.3 is 0 Å². The number of hydrogen-bond donors (Lipinski definition) is 2. The molecule has 1 rings (SSSR count). The quantitative estimate of drug-likeness (QED) is 0.756. The van der Waals surface area contributed by atoms with Crippen molar-refractivity contribution in [3.05, 3.63) is 29.8 Å². The van der Waals surface area contributed by atoms with Crippen LogP contribution in [0.1, 0.15) is 10.4 Å². The number of amides is 1. The molecule has 15 heavy (non-hydrogen) atoms. The van der Waals surface area contributed by atoms with E-state index in [1.807, 2.05) is 24.1 Å². The molecule has 4 nitrogen and oxygen atoms in total. The summed E-state index contributed by atoms with van der Waals surface area (Å²) in [4.78, 5) is 13.2. The number of nitrogens with one attached hydrogen (secondary N) is 1. The van der Waals surface area contributed by atoms with Crippen LogP contribution in [0.3, 0.4) is 0 Å². The van der Waals surface area contributed by atoms with Gasteiger partial charge < -0.3 is 15.3 Å². The van der Waals surface area contributed by atoms with Crippen molar-refractivity contribution in [1.82, 2.24) is 5.32 Å². The number of anilines is 1. The van der Waals surface area contributed by atoms with E-state index in [0.717, 1.165) is 5.69 Å². The number of carbonyl (C=O) groups is 1. The van der Waals surface area contributed by atoms with E-state index in [0.29, 0.717) is 12.1 Å². The average Bonchev–Trinajstić information content (AvgIpc) is 2.28. The van der Waals surface area contributed by atoms with Crippen LogP contribution in [-0.4, -0.2) is 38.3 Å². The zero-order chi connectivity index (χ0) is 11.3. The molecule has 0 aliphatic heterocycles. The molecule has 0 radical (unpaired) electrons. The van der Waals surface area contributed by atoms with E-state index in [-0.39, 0.29) is 12.5 Å². The maximum atomic E-state index is 11.3. The van der Waals surface area contributed by atoms with Gasteiger partial charge in [0.05, 0.1) is 6.61 Å². The van der Waals surface area contributed by atoms with Crippen LogP contribution in [-0.2, 0) is 0 Å². The molecule has 1 aromatic rings. The fourth-order valence-corrected chi connectivity index (χ4v) is 1.29. The summed E-state index contributed by atoms with van der Waals surface area (Å²) in [5.41, 5.74) is 1.62. The summed E-state index contributed by atoms with van der Waals surface area (Å²) < 4.78 is 0. The molecule has 0 fully saturated rings. The van der Waals surface area contributed by atoms with E-state index in [4.69, 9.17) is 5.11 Å². The van der Waals surface area contributed by atoms with Crippen molar-refractivity contribution in [1.29, 1.82) is 0 Å². The maximum Gasteiger partial charge on any atom is 0.251 e. The second-order valence-corrected chi connectivity index (χ2v) is 3.27. The van der Waals surface area contributed by atoms with E-state index in [9.17, 15) is 4.79 Å². The van der Waals surface area contributed by atoms with Crippen LogP contribution < -0.4 is 10.2 Å². The highest BCUT2D eigenvalue weighted by atomic mass is 16.3. The minimum Gasteiger partial charge on any atom is -0.395 e. The predicted octanol–water partition coefficient (Wildman–Crippen LogP) is 0.475. The lowest BCUT2D eigenvalue weighted by molar-refractivity contribution is 0.0963. The third kappa shape index (κ3) is 2.95. The first-order chi connectivity index (χ1) is 7.19. The first kappa shape index (κ1) is 11.5. The molecule has 0 aliphatic carbocycles. The van der Waals surface area contributed by atoms with Crippen molar-refractivity contribution in [2.45, 2.75) is 0 Å². The van der Waals surface area contributed by atoms with Crippen LogP contribution in [0.25, 0.3) is 0 Å². The average molecular weight is 208 g/mol. The van der Waals surface area contributed by atoms with Crippen molar-refractivity contribution in [2.75, 3.05) is 32.1 Å². The topological polar surface area (TPSA) is 52.6 Å². The normalized spacial score (nSPS) is 9.80. The first-order valence-corrected chi connectivity index (χ1v) is 4.83. The second kappa shape index (κ2) is 5.36. The van der Waals surface area contributed by atoms with Crippen molar-refractivity contribution >= 4 is 11.6 Å². The van der Waals surface area contributed by atoms with E-state index < -0.39 is 0 Å². The lowest BCUT2D eigenvalue weighted by Gasteiger charge is -2.17. The molecule has 2 N–H and O–H groups in total. The van der Waals surface area contributed by atoms with Crippen LogP contribution in [0.15, 0.2) is 24.3 Å². The molecule has 0 spiro atoms. The molecular formula is C11H16N2O2. The Labute approximate surface area is 89.5 Å². The van der Waals surface area contributed by atoms with Gasteiger partial charge in [-0.3, -0.25) is 4.79 Å². The number of aliphatic hydroxyl groups excluding tert-OH is 1. The molecule has 4 heteroatoms. The molecular weight excluding hydrogens is 192 g/mol. The Hall–Kier alpha value is -1.55. The van der Waals surface area contributed by atoms with Gasteiger partial charge in [-0.25, -0.2) is 0 Å². The number of benzene rings is 1. The summed E-state index contributed by atoms with van der Waals surface area (Å²) >= 11 is 0. The largest absolute Gasteiger partial charge is 0.395 e. The first-order valence-electron chi connectivity index (χ1n) is 4.83. The monoisotopic (exact) mass is 208 g/mol. The third-order valence-corrected chi connectivity index (χ3v) is 2.23. The summed E-state index contributed by atoms with van der Waals surface area (Å²) in [5, 5.41) is 11.3. The maximum absolute atomic E-state index is 11.3. The van der Waals surface area contributed by atoms with E-state index in [2.05, 4.69) is 5.32 Å². The molecule has 0 atom stereocenters. The Balaban J connectivity index is 2.76. The number of nitrogens with zero attached hydrogens (tertiary/aromatic N) is 1. The molecule has 1 aromatic carbocycles. The molecule has 0 saturated heterocycles. The number of aliphatic hydroxyl groups is 1. The van der Waals surface area contributed by atoms with Gasteiger partial charge in [0.1, 0.15) is 0 Å². The van der Waals surface area contributed by atoms with E-state index in [1.54, 1.807) is 19.2 Å². The summed E-state index contributed by atoms with van der Waals surface area (Å²) in [6.45, 7) is 0.701. The molecule has 0 bridgehead atoms. The third-order valence-electron chi connectivity index (χ3n) is 2.23. The Morgan fingerprint density at radius 1 is 1.40 bits per heavy atom. The fraction of sp³-hybridized carbons (Fsp3) is 0.364. The van der Waals surface area contributed by atoms with Gasteiger partial charge in [-0.15, -0.1) is 0 Å². The summed E-state index contributed by atoms with van der Waals surface area (Å²) in [6.07, 6.45) is 0. The van der Waals surface area contributed by atoms with Gasteiger partial charge in [-0.2, -0.15) is 0 Å². The Kier molecular flexibility index (Phi) is 4.12. The van der Waals surface area contributed by atoms with Crippen LogP contribution >= 0.6 is 0 Å². The Morgan fingerprint density at radius 3 is 2.47 bits per heavy atom. The minimum atomic E-state index is -0.0913. The summed E-state index contributed by atoms with van der Waals surface area (Å²) in [7, 11) is 3.50. The van der Waals surface area contributed by atoms with Crippen molar-refractivity contribution in [2.24, 2.45) is 0 Å². The van der Waals surface area contributed by atoms with Crippen LogP contribution in [0, 0.1) is 0 Å². The SMILES string of the molecule is CNC(=O)c1ccc(N(C)CCO)cc1. The van der Waals surface area contributed by atoms with Gasteiger partial charge in [-0.05, 0) is 24.3 Å². The van der Waals surface area contributed by atoms with E-state index in [1.165, 1.54) is 0 Å². The highest BCUT2D eigenvalue weighted by Crippen LogP contribution is 2.13. The standard InChI is InChI=1S/C11H16N2O2/c1-12-11(15)9-3-5-10(6-4-9)13(2)7-8-14/h3-6,14H,7-8H2,1-2H3,(H,12,15). The van der Waals surface area contributed by atoms with Crippen molar-refractivity contribution in [3.63, 3.8) is 0 Å². The number of likely N-dealkylation sites (N-methyl/N-ethyl adjacent to an activating group) is 1. The minimum absolute atomic E-state index is 0.0913. The number of carbonyl (C=O) groups excluding carboxylic acids is 1. The summed E-state index contributed by atoms with van der Waals surface area (Å²) in [5.74, 6) is -0.0913. The van der Waals surface area contributed by atoms with Gasteiger partial charge in [0.15, 0.2) is 0 Å². The molecule has 1 amide bonds. The molecule has 0 aliphatic rings. The Bertz CT molecular complexity index is 322. The smallest absolute Gasteiger partial charge is 0.251 e. The highest BCUT2D eigenvalue weighted by molar-refractivity contribution is 5.94. The molecule has 0 heterocycles. The lowest BCUT2D eigenvalue weighted by atomic mass is 10.2. The second-order valence-electron chi connectivity index (χ2n) is 3.27.